The fourth-order valence-corrected chi connectivity index (χ4v) is 4.52. The monoisotopic (exact) mass is 471 g/mol. The van der Waals surface area contributed by atoms with Crippen molar-refractivity contribution in [2.45, 2.75) is 76.6 Å². The Morgan fingerprint density at radius 2 is 1.74 bits per heavy atom. The molecular formula is C23H30FN7O3. The standard InChI is InChI=1S/C23H30FN7O3/c1-15(2)22-28-23(34-29-22)30-9-7-18(8-10-30)32-16-3-5-17(6-4-16)33-21-19(24)11-25-12-20(21)31-14-26-13-27-31/h11-18H,3-10H2,1-2H3. The van der Waals surface area contributed by atoms with E-state index in [1.807, 2.05) is 0 Å². The Bertz CT molecular complexity index is 1060. The number of nitrogens with zero attached hydrogens (tertiary/aromatic N) is 7. The lowest BCUT2D eigenvalue weighted by molar-refractivity contribution is -0.0532. The number of pyridine rings is 1. The van der Waals surface area contributed by atoms with Crippen LogP contribution in [-0.2, 0) is 4.74 Å². The van der Waals surface area contributed by atoms with Gasteiger partial charge in [-0.3, -0.25) is 4.98 Å². The first-order chi connectivity index (χ1) is 16.6. The highest BCUT2D eigenvalue weighted by Gasteiger charge is 2.30. The number of aromatic nitrogens is 6. The van der Waals surface area contributed by atoms with Gasteiger partial charge in [-0.25, -0.2) is 14.1 Å². The number of halogens is 1. The average molecular weight is 472 g/mol. The largest absolute Gasteiger partial charge is 0.485 e. The molecule has 0 aromatic carbocycles. The summed E-state index contributed by atoms with van der Waals surface area (Å²) in [7, 11) is 0. The molecule has 5 rings (SSSR count). The molecule has 1 saturated heterocycles. The maximum atomic E-state index is 14.5. The van der Waals surface area contributed by atoms with E-state index in [0.717, 1.165) is 63.6 Å². The second-order valence-corrected chi connectivity index (χ2v) is 9.24. The highest BCUT2D eigenvalue weighted by atomic mass is 19.1. The van der Waals surface area contributed by atoms with E-state index in [1.165, 1.54) is 23.5 Å². The summed E-state index contributed by atoms with van der Waals surface area (Å²) in [6.07, 6.45) is 11.2. The van der Waals surface area contributed by atoms with Crippen molar-refractivity contribution >= 4 is 6.01 Å². The molecule has 0 atom stereocenters. The van der Waals surface area contributed by atoms with Gasteiger partial charge in [0.25, 0.3) is 0 Å². The Hall–Kier alpha value is -3.08. The highest BCUT2D eigenvalue weighted by molar-refractivity contribution is 5.44. The predicted octanol–water partition coefficient (Wildman–Crippen LogP) is 3.68. The molecule has 3 aromatic rings. The molecule has 1 saturated carbocycles. The van der Waals surface area contributed by atoms with Crippen molar-refractivity contribution in [2.75, 3.05) is 18.0 Å². The van der Waals surface area contributed by atoms with Gasteiger partial charge in [0.1, 0.15) is 18.3 Å². The second kappa shape index (κ2) is 10.0. The Balaban J connectivity index is 1.10. The number of ether oxygens (including phenoxy) is 2. The number of anilines is 1. The third kappa shape index (κ3) is 5.03. The second-order valence-electron chi connectivity index (χ2n) is 9.24. The summed E-state index contributed by atoms with van der Waals surface area (Å²) in [5.41, 5.74) is 0.449. The summed E-state index contributed by atoms with van der Waals surface area (Å²) < 4.78 is 33.9. The van der Waals surface area contributed by atoms with E-state index in [2.05, 4.69) is 44.0 Å². The van der Waals surface area contributed by atoms with Gasteiger partial charge in [0.2, 0.25) is 0 Å². The smallest absolute Gasteiger partial charge is 0.324 e. The number of hydrogen-bond acceptors (Lipinski definition) is 9. The molecule has 1 aliphatic carbocycles. The Morgan fingerprint density at radius 3 is 2.41 bits per heavy atom. The van der Waals surface area contributed by atoms with Gasteiger partial charge in [0.05, 0.1) is 30.7 Å². The predicted molar refractivity (Wildman–Crippen MR) is 120 cm³/mol. The molecule has 0 unspecified atom stereocenters. The molecule has 34 heavy (non-hydrogen) atoms. The molecule has 4 heterocycles. The summed E-state index contributed by atoms with van der Waals surface area (Å²) in [6, 6.07) is 0.605. The normalized spacial score (nSPS) is 21.8. The van der Waals surface area contributed by atoms with Gasteiger partial charge in [0.15, 0.2) is 17.4 Å². The fraction of sp³-hybridized carbons (Fsp3) is 0.609. The van der Waals surface area contributed by atoms with Crippen LogP contribution in [0.5, 0.6) is 5.75 Å². The maximum Gasteiger partial charge on any atom is 0.324 e. The van der Waals surface area contributed by atoms with Crippen LogP contribution in [0, 0.1) is 5.82 Å². The van der Waals surface area contributed by atoms with Crippen molar-refractivity contribution in [3.8, 4) is 11.4 Å². The van der Waals surface area contributed by atoms with Crippen molar-refractivity contribution in [3.05, 3.63) is 36.7 Å². The van der Waals surface area contributed by atoms with Crippen LogP contribution in [-0.4, -0.2) is 61.3 Å². The lowest BCUT2D eigenvalue weighted by Gasteiger charge is -2.35. The first kappa shape index (κ1) is 22.7. The van der Waals surface area contributed by atoms with E-state index in [1.54, 1.807) is 0 Å². The molecular weight excluding hydrogens is 441 g/mol. The average Bonchev–Trinajstić information content (AvgIpc) is 3.55. The molecule has 2 aliphatic rings. The van der Waals surface area contributed by atoms with Crippen LogP contribution in [0.2, 0.25) is 0 Å². The summed E-state index contributed by atoms with van der Waals surface area (Å²) in [6.45, 7) is 5.79. The molecule has 11 heteroatoms. The number of piperidine rings is 1. The molecule has 182 valence electrons. The van der Waals surface area contributed by atoms with Gasteiger partial charge < -0.3 is 18.9 Å². The van der Waals surface area contributed by atoms with Crippen molar-refractivity contribution in [1.82, 2.24) is 29.9 Å². The van der Waals surface area contributed by atoms with Crippen LogP contribution in [0.3, 0.4) is 0 Å². The van der Waals surface area contributed by atoms with E-state index in [4.69, 9.17) is 14.0 Å². The third-order valence-corrected chi connectivity index (χ3v) is 6.45. The topological polar surface area (TPSA) is 104 Å². The minimum Gasteiger partial charge on any atom is -0.485 e. The van der Waals surface area contributed by atoms with Crippen LogP contribution in [0.25, 0.3) is 5.69 Å². The summed E-state index contributed by atoms with van der Waals surface area (Å²) in [4.78, 5) is 14.5. The first-order valence-corrected chi connectivity index (χ1v) is 12.0. The molecule has 3 aromatic heterocycles. The lowest BCUT2D eigenvalue weighted by atomic mass is 9.94. The van der Waals surface area contributed by atoms with E-state index in [9.17, 15) is 4.39 Å². The van der Waals surface area contributed by atoms with Gasteiger partial charge in [0, 0.05) is 19.0 Å². The van der Waals surface area contributed by atoms with Crippen LogP contribution < -0.4 is 9.64 Å². The van der Waals surface area contributed by atoms with Crippen LogP contribution in [0.1, 0.15) is 64.1 Å². The minimum absolute atomic E-state index is 0.0754. The van der Waals surface area contributed by atoms with Crippen LogP contribution >= 0.6 is 0 Å². The van der Waals surface area contributed by atoms with Gasteiger partial charge >= 0.3 is 6.01 Å². The van der Waals surface area contributed by atoms with Crippen molar-refractivity contribution in [3.63, 3.8) is 0 Å². The zero-order chi connectivity index (χ0) is 23.5. The fourth-order valence-electron chi connectivity index (χ4n) is 4.52. The van der Waals surface area contributed by atoms with Crippen molar-refractivity contribution < 1.29 is 18.4 Å². The Morgan fingerprint density at radius 1 is 1.00 bits per heavy atom. The van der Waals surface area contributed by atoms with Gasteiger partial charge in [-0.2, -0.15) is 10.1 Å². The Kier molecular flexibility index (Phi) is 6.70. The first-order valence-electron chi connectivity index (χ1n) is 12.0. The van der Waals surface area contributed by atoms with E-state index >= 15 is 0 Å². The minimum atomic E-state index is -0.500. The van der Waals surface area contributed by atoms with E-state index in [0.29, 0.717) is 11.7 Å². The Labute approximate surface area is 197 Å². The van der Waals surface area contributed by atoms with E-state index < -0.39 is 5.82 Å². The van der Waals surface area contributed by atoms with Gasteiger partial charge in [-0.15, -0.1) is 0 Å². The number of hydrogen-bond donors (Lipinski definition) is 0. The van der Waals surface area contributed by atoms with Crippen molar-refractivity contribution in [1.29, 1.82) is 0 Å². The molecule has 0 bridgehead atoms. The SMILES string of the molecule is CC(C)c1noc(N2CCC(OC3CCC(Oc4c(F)cncc4-n4cncn4)CC3)CC2)n1. The van der Waals surface area contributed by atoms with Crippen molar-refractivity contribution in [2.24, 2.45) is 0 Å². The molecule has 2 fully saturated rings. The van der Waals surface area contributed by atoms with Crippen LogP contribution in [0.15, 0.2) is 29.6 Å². The molecule has 0 radical (unpaired) electrons. The zero-order valence-corrected chi connectivity index (χ0v) is 19.5. The molecule has 0 amide bonds. The zero-order valence-electron chi connectivity index (χ0n) is 19.5. The molecule has 1 aliphatic heterocycles. The quantitative estimate of drug-likeness (QED) is 0.510. The third-order valence-electron chi connectivity index (χ3n) is 6.45. The number of rotatable bonds is 7. The maximum absolute atomic E-state index is 14.5. The molecule has 0 spiro atoms. The van der Waals surface area contributed by atoms with Crippen LogP contribution in [0.4, 0.5) is 10.4 Å². The molecule has 10 nitrogen and oxygen atoms in total. The summed E-state index contributed by atoms with van der Waals surface area (Å²) in [5.74, 6) is 0.660. The van der Waals surface area contributed by atoms with Gasteiger partial charge in [-0.05, 0) is 38.5 Å². The van der Waals surface area contributed by atoms with Gasteiger partial charge in [-0.1, -0.05) is 19.0 Å². The summed E-state index contributed by atoms with van der Waals surface area (Å²) in [5, 5.41) is 8.13. The molecule has 0 N–H and O–H groups in total. The van der Waals surface area contributed by atoms with E-state index in [-0.39, 0.29) is 30.0 Å². The lowest BCUT2D eigenvalue weighted by Crippen LogP contribution is -2.40. The summed E-state index contributed by atoms with van der Waals surface area (Å²) >= 11 is 0. The highest BCUT2D eigenvalue weighted by Crippen LogP contribution is 2.32.